The second kappa shape index (κ2) is 6.45. The summed E-state index contributed by atoms with van der Waals surface area (Å²) in [6.07, 6.45) is -4.12. The van der Waals surface area contributed by atoms with Gasteiger partial charge in [0.15, 0.2) is 5.78 Å². The van der Waals surface area contributed by atoms with Crippen LogP contribution in [0.5, 0.6) is 0 Å². The van der Waals surface area contributed by atoms with E-state index in [1.54, 1.807) is 20.8 Å². The number of likely N-dealkylation sites (tertiary alicyclic amines) is 1. The average Bonchev–Trinajstić information content (AvgIpc) is 2.93. The molecule has 0 saturated carbocycles. The van der Waals surface area contributed by atoms with Gasteiger partial charge >= 0.3 is 12.3 Å². The van der Waals surface area contributed by atoms with E-state index in [1.165, 1.54) is 17.0 Å². The van der Waals surface area contributed by atoms with Crippen molar-refractivity contribution < 1.29 is 27.5 Å². The minimum atomic E-state index is -4.52. The molecule has 4 nitrogen and oxygen atoms in total. The van der Waals surface area contributed by atoms with Gasteiger partial charge in [0.05, 0.1) is 11.6 Å². The van der Waals surface area contributed by atoms with Gasteiger partial charge in [0.1, 0.15) is 5.60 Å². The molecule has 1 aliphatic heterocycles. The van der Waals surface area contributed by atoms with Crippen LogP contribution in [0.25, 0.3) is 0 Å². The lowest BCUT2D eigenvalue weighted by Gasteiger charge is -2.28. The van der Waals surface area contributed by atoms with E-state index in [9.17, 15) is 22.8 Å². The lowest BCUT2D eigenvalue weighted by Crippen LogP contribution is -2.43. The third-order valence-corrected chi connectivity index (χ3v) is 3.66. The van der Waals surface area contributed by atoms with Crippen molar-refractivity contribution in [2.75, 3.05) is 6.54 Å². The highest BCUT2D eigenvalue weighted by Crippen LogP contribution is 2.31. The number of halogens is 3. The predicted octanol–water partition coefficient (Wildman–Crippen LogP) is 4.29. The number of alkyl halides is 3. The second-order valence-corrected chi connectivity index (χ2v) is 6.77. The summed E-state index contributed by atoms with van der Waals surface area (Å²) in [7, 11) is 0. The molecule has 0 spiro atoms. The van der Waals surface area contributed by atoms with E-state index >= 15 is 0 Å². The Hall–Kier alpha value is -2.05. The van der Waals surface area contributed by atoms with E-state index < -0.39 is 35.3 Å². The maximum Gasteiger partial charge on any atom is 0.416 e. The smallest absolute Gasteiger partial charge is 0.416 e. The van der Waals surface area contributed by atoms with Gasteiger partial charge in [-0.15, -0.1) is 0 Å². The summed E-state index contributed by atoms with van der Waals surface area (Å²) in [5.74, 6) is -0.496. The van der Waals surface area contributed by atoms with Gasteiger partial charge in [-0.05, 0) is 45.7 Å². The molecule has 132 valence electrons. The topological polar surface area (TPSA) is 46.6 Å². The number of benzene rings is 1. The molecule has 1 amide bonds. The fourth-order valence-electron chi connectivity index (χ4n) is 2.62. The average molecular weight is 343 g/mol. The van der Waals surface area contributed by atoms with Crippen molar-refractivity contribution in [1.82, 2.24) is 4.90 Å². The maximum atomic E-state index is 12.8. The summed E-state index contributed by atoms with van der Waals surface area (Å²) in [5.41, 5.74) is -1.64. The van der Waals surface area contributed by atoms with E-state index in [0.29, 0.717) is 19.4 Å². The van der Waals surface area contributed by atoms with E-state index in [0.717, 1.165) is 12.1 Å². The molecule has 0 unspecified atom stereocenters. The van der Waals surface area contributed by atoms with Crippen molar-refractivity contribution in [3.8, 4) is 0 Å². The lowest BCUT2D eigenvalue weighted by molar-refractivity contribution is -0.137. The molecular weight excluding hydrogens is 323 g/mol. The third-order valence-electron chi connectivity index (χ3n) is 3.66. The van der Waals surface area contributed by atoms with Gasteiger partial charge in [-0.1, -0.05) is 12.1 Å². The largest absolute Gasteiger partial charge is 0.444 e. The molecule has 1 atom stereocenters. The van der Waals surface area contributed by atoms with Crippen LogP contribution >= 0.6 is 0 Å². The van der Waals surface area contributed by atoms with Crippen molar-refractivity contribution in [1.29, 1.82) is 0 Å². The Morgan fingerprint density at radius 1 is 1.21 bits per heavy atom. The van der Waals surface area contributed by atoms with Gasteiger partial charge < -0.3 is 4.74 Å². The van der Waals surface area contributed by atoms with Gasteiger partial charge in [-0.2, -0.15) is 13.2 Å². The highest BCUT2D eigenvalue weighted by Gasteiger charge is 2.38. The zero-order chi connectivity index (χ0) is 18.1. The van der Waals surface area contributed by atoms with Crippen LogP contribution in [-0.2, 0) is 10.9 Å². The van der Waals surface area contributed by atoms with Gasteiger partial charge in [0.25, 0.3) is 0 Å². The summed E-state index contributed by atoms with van der Waals surface area (Å²) in [4.78, 5) is 26.1. The minimum absolute atomic E-state index is 0.0507. The summed E-state index contributed by atoms with van der Waals surface area (Å²) in [6, 6.07) is 3.49. The first kappa shape index (κ1) is 18.3. The second-order valence-electron chi connectivity index (χ2n) is 6.77. The number of carbonyl (C=O) groups is 2. The molecule has 24 heavy (non-hydrogen) atoms. The van der Waals surface area contributed by atoms with Crippen molar-refractivity contribution in [3.05, 3.63) is 35.4 Å². The SMILES string of the molecule is CC(C)(C)OC(=O)N1CCC[C@H]1C(=O)c1cccc(C(F)(F)F)c1. The highest BCUT2D eigenvalue weighted by molar-refractivity contribution is 6.01. The summed E-state index contributed by atoms with van der Waals surface area (Å²) < 4.78 is 43.7. The van der Waals surface area contributed by atoms with E-state index in [4.69, 9.17) is 4.74 Å². The van der Waals surface area contributed by atoms with E-state index in [1.807, 2.05) is 0 Å². The van der Waals surface area contributed by atoms with E-state index in [-0.39, 0.29) is 5.56 Å². The monoisotopic (exact) mass is 343 g/mol. The van der Waals surface area contributed by atoms with Crippen molar-refractivity contribution in [2.24, 2.45) is 0 Å². The Balaban J connectivity index is 2.21. The van der Waals surface area contributed by atoms with Gasteiger partial charge in [0, 0.05) is 12.1 Å². The number of carbonyl (C=O) groups excluding carboxylic acids is 2. The van der Waals surface area contributed by atoms with Crippen LogP contribution in [-0.4, -0.2) is 35.0 Å². The van der Waals surface area contributed by atoms with Crippen LogP contribution in [0, 0.1) is 0 Å². The Bertz CT molecular complexity index is 635. The fraction of sp³-hybridized carbons (Fsp3) is 0.529. The number of rotatable bonds is 2. The molecule has 0 radical (unpaired) electrons. The van der Waals surface area contributed by atoms with Crippen LogP contribution < -0.4 is 0 Å². The quantitative estimate of drug-likeness (QED) is 0.753. The molecule has 1 aliphatic rings. The zero-order valence-electron chi connectivity index (χ0n) is 13.8. The molecule has 0 aliphatic carbocycles. The lowest BCUT2D eigenvalue weighted by atomic mass is 10.00. The minimum Gasteiger partial charge on any atom is -0.444 e. The van der Waals surface area contributed by atoms with Gasteiger partial charge in [-0.25, -0.2) is 4.79 Å². The molecule has 0 aromatic heterocycles. The van der Waals surface area contributed by atoms with Crippen molar-refractivity contribution in [2.45, 2.75) is 51.4 Å². The predicted molar refractivity (Wildman–Crippen MR) is 81.7 cm³/mol. The number of nitrogens with zero attached hydrogens (tertiary/aromatic N) is 1. The first-order valence-corrected chi connectivity index (χ1v) is 7.70. The van der Waals surface area contributed by atoms with Crippen molar-refractivity contribution in [3.63, 3.8) is 0 Å². The molecule has 0 N–H and O–H groups in total. The first-order chi connectivity index (χ1) is 11.0. The standard InChI is InChI=1S/C17H20F3NO3/c1-16(2,3)24-15(23)21-9-5-8-13(21)14(22)11-6-4-7-12(10-11)17(18,19)20/h4,6-7,10,13H,5,8-9H2,1-3H3/t13-/m0/s1. The molecule has 7 heteroatoms. The molecule has 1 saturated heterocycles. The number of ketones is 1. The molecule has 1 aromatic rings. The number of ether oxygens (including phenoxy) is 1. The Morgan fingerprint density at radius 2 is 1.88 bits per heavy atom. The first-order valence-electron chi connectivity index (χ1n) is 7.70. The molecule has 0 bridgehead atoms. The normalized spacial score (nSPS) is 18.6. The Morgan fingerprint density at radius 3 is 2.46 bits per heavy atom. The molecule has 1 fully saturated rings. The Kier molecular flexibility index (Phi) is 4.92. The summed E-state index contributed by atoms with van der Waals surface area (Å²) >= 11 is 0. The molecule has 1 aromatic carbocycles. The van der Waals surface area contributed by atoms with Gasteiger partial charge in [0.2, 0.25) is 0 Å². The zero-order valence-corrected chi connectivity index (χ0v) is 13.8. The number of hydrogen-bond acceptors (Lipinski definition) is 3. The van der Waals surface area contributed by atoms with Crippen LogP contribution in [0.4, 0.5) is 18.0 Å². The van der Waals surface area contributed by atoms with Crippen LogP contribution in [0.3, 0.4) is 0 Å². The van der Waals surface area contributed by atoms with Crippen LogP contribution in [0.2, 0.25) is 0 Å². The summed E-state index contributed by atoms with van der Waals surface area (Å²) in [6.45, 7) is 5.49. The molecule has 1 heterocycles. The molecular formula is C17H20F3NO3. The number of amides is 1. The molecule has 2 rings (SSSR count). The number of Topliss-reactive ketones (excluding diaryl/α,β-unsaturated/α-hetero) is 1. The Labute approximate surface area is 138 Å². The van der Waals surface area contributed by atoms with Crippen LogP contribution in [0.1, 0.15) is 49.5 Å². The number of hydrogen-bond donors (Lipinski definition) is 0. The highest BCUT2D eigenvalue weighted by atomic mass is 19.4. The van der Waals surface area contributed by atoms with Crippen molar-refractivity contribution >= 4 is 11.9 Å². The summed E-state index contributed by atoms with van der Waals surface area (Å²) in [5, 5.41) is 0. The third kappa shape index (κ3) is 4.27. The fourth-order valence-corrected chi connectivity index (χ4v) is 2.62. The maximum absolute atomic E-state index is 12.8. The van der Waals surface area contributed by atoms with Gasteiger partial charge in [-0.3, -0.25) is 9.69 Å². The van der Waals surface area contributed by atoms with E-state index in [2.05, 4.69) is 0 Å². The van der Waals surface area contributed by atoms with Crippen LogP contribution in [0.15, 0.2) is 24.3 Å².